The monoisotopic (exact) mass is 1660 g/mol. The molecule has 6 heteroatoms. The molecule has 0 spiro atoms. The highest BCUT2D eigenvalue weighted by molar-refractivity contribution is 7.26. The van der Waals surface area contributed by atoms with Crippen LogP contribution in [0.3, 0.4) is 0 Å². The molecule has 12 saturated carbocycles. The molecule has 18 unspecified atom stereocenters. The van der Waals surface area contributed by atoms with Crippen molar-refractivity contribution >= 4 is 126 Å². The molecule has 0 amide bonds. The zero-order valence-electron chi connectivity index (χ0n) is 72.8. The molecular weight excluding hydrogens is 1550 g/mol. The number of benzene rings is 13. The van der Waals surface area contributed by atoms with Gasteiger partial charge in [0.1, 0.15) is 5.58 Å². The Kier molecular flexibility index (Phi) is 19.1. The van der Waals surface area contributed by atoms with Gasteiger partial charge in [0.25, 0.3) is 0 Å². The Hall–Kier alpha value is -10.9. The summed E-state index contributed by atoms with van der Waals surface area (Å²) in [6.07, 6.45) is 34.4. The van der Waals surface area contributed by atoms with Gasteiger partial charge in [-0.1, -0.05) is 214 Å². The minimum atomic E-state index is 0.750. The fourth-order valence-corrected chi connectivity index (χ4v) is 30.4. The molecule has 0 aliphatic heterocycles. The summed E-state index contributed by atoms with van der Waals surface area (Å²) in [4.78, 5) is 7.42. The number of thiophene rings is 1. The molecule has 18 atom stereocenters. The van der Waals surface area contributed by atoms with E-state index in [0.29, 0.717) is 0 Å². The van der Waals surface area contributed by atoms with Crippen LogP contribution in [0.1, 0.15) is 223 Å². The highest BCUT2D eigenvalue weighted by atomic mass is 32.1. The molecule has 0 saturated heterocycles. The van der Waals surface area contributed by atoms with Crippen LogP contribution in [0, 0.1) is 71.0 Å². The minimum Gasteiger partial charge on any atom is -0.454 e. The molecule has 12 aliphatic rings. The van der Waals surface area contributed by atoms with Crippen molar-refractivity contribution in [1.29, 1.82) is 0 Å². The SMILES string of the molecule is c1ccc(-n2c3ccccc3c3ccc(N(c4ccc(C5CC6CCC5C6)cc4)c4ccc(C5CC6CCC5C6)cc4)cc32)cc1.c1ccc2c(c1)oc1c(N(c3ccc(C4CC5CCC4C5)cc3)c3ccc(C4CC5CCC4C5)cc3)cccc12.c1ccc2c(c1)sc1c(N(c3ccc(C4CC5CCC4C5)cc3)c3ccc(C4CC5CCC4C5)cc3)cccc12. The van der Waals surface area contributed by atoms with Gasteiger partial charge in [-0.05, 0) is 383 Å². The normalized spacial score (nSPS) is 27.9. The van der Waals surface area contributed by atoms with Gasteiger partial charge in [-0.15, -0.1) is 11.3 Å². The van der Waals surface area contributed by atoms with Crippen LogP contribution in [-0.4, -0.2) is 4.57 Å². The van der Waals surface area contributed by atoms with E-state index in [0.717, 1.165) is 123 Å². The molecule has 12 aliphatic carbocycles. The molecule has 12 fully saturated rings. The Labute approximate surface area is 747 Å². The van der Waals surface area contributed by atoms with Gasteiger partial charge < -0.3 is 23.7 Å². The average Bonchev–Trinajstić information content (AvgIpc) is 1.60. The van der Waals surface area contributed by atoms with Gasteiger partial charge in [-0.25, -0.2) is 0 Å². The molecule has 3 aromatic heterocycles. The van der Waals surface area contributed by atoms with Crippen LogP contribution >= 0.6 is 11.3 Å². The Morgan fingerprint density at radius 1 is 0.238 bits per heavy atom. The summed E-state index contributed by atoms with van der Waals surface area (Å²) in [7, 11) is 0. The number of fused-ring (bicyclic) bond motifs is 21. The van der Waals surface area contributed by atoms with Gasteiger partial charge >= 0.3 is 0 Å². The second-order valence-electron chi connectivity index (χ2n) is 41.6. The van der Waals surface area contributed by atoms with E-state index in [4.69, 9.17) is 4.42 Å². The molecule has 628 valence electrons. The summed E-state index contributed by atoms with van der Waals surface area (Å²) < 4.78 is 11.7. The lowest BCUT2D eigenvalue weighted by Gasteiger charge is -2.28. The lowest BCUT2D eigenvalue weighted by molar-refractivity contribution is 0.420. The van der Waals surface area contributed by atoms with Crippen LogP contribution in [0.4, 0.5) is 51.2 Å². The molecule has 0 N–H and O–H groups in total. The van der Waals surface area contributed by atoms with Gasteiger partial charge in [0.2, 0.25) is 0 Å². The Morgan fingerprint density at radius 3 is 0.984 bits per heavy atom. The van der Waals surface area contributed by atoms with Gasteiger partial charge in [0.05, 0.1) is 27.1 Å². The molecule has 5 nitrogen and oxygen atoms in total. The first-order valence-corrected chi connectivity index (χ1v) is 50.0. The van der Waals surface area contributed by atoms with Gasteiger partial charge in [0.15, 0.2) is 5.58 Å². The highest BCUT2D eigenvalue weighted by Crippen LogP contribution is 2.60. The van der Waals surface area contributed by atoms with E-state index < -0.39 is 0 Å². The number of hydrogen-bond donors (Lipinski definition) is 0. The van der Waals surface area contributed by atoms with Crippen molar-refractivity contribution < 1.29 is 4.42 Å². The summed E-state index contributed by atoms with van der Waals surface area (Å²) in [6, 6.07) is 115. The summed E-state index contributed by atoms with van der Waals surface area (Å²) >= 11 is 1.93. The third-order valence-electron chi connectivity index (χ3n) is 35.1. The third kappa shape index (κ3) is 13.4. The van der Waals surface area contributed by atoms with Gasteiger partial charge in [-0.2, -0.15) is 0 Å². The number of hydrogen-bond acceptors (Lipinski definition) is 5. The van der Waals surface area contributed by atoms with Crippen molar-refractivity contribution in [3.8, 4) is 5.69 Å². The van der Waals surface area contributed by atoms with Crippen LogP contribution in [0.2, 0.25) is 0 Å². The Bertz CT molecular complexity index is 6250. The lowest BCUT2D eigenvalue weighted by Crippen LogP contribution is -2.12. The van der Waals surface area contributed by atoms with Gasteiger partial charge in [0, 0.05) is 82.5 Å². The van der Waals surface area contributed by atoms with Crippen molar-refractivity contribution in [3.05, 3.63) is 337 Å². The highest BCUT2D eigenvalue weighted by Gasteiger charge is 2.46. The van der Waals surface area contributed by atoms with E-state index in [9.17, 15) is 0 Å². The summed E-state index contributed by atoms with van der Waals surface area (Å²) in [5.41, 5.74) is 25.9. The lowest BCUT2D eigenvalue weighted by atomic mass is 9.83. The molecule has 0 radical (unpaired) electrons. The van der Waals surface area contributed by atoms with E-state index in [2.05, 4.69) is 323 Å². The summed E-state index contributed by atoms with van der Waals surface area (Å²) in [5, 5.41) is 7.67. The first-order chi connectivity index (χ1) is 62.3. The maximum Gasteiger partial charge on any atom is 0.159 e. The summed E-state index contributed by atoms with van der Waals surface area (Å²) in [6.45, 7) is 0. The maximum absolute atomic E-state index is 6.54. The molecular formula is C120H116N4OS. The van der Waals surface area contributed by atoms with E-state index in [1.54, 1.807) is 22.3 Å². The number of rotatable bonds is 16. The van der Waals surface area contributed by atoms with Crippen molar-refractivity contribution in [2.45, 2.75) is 190 Å². The Morgan fingerprint density at radius 2 is 0.571 bits per heavy atom. The smallest absolute Gasteiger partial charge is 0.159 e. The van der Waals surface area contributed by atoms with E-state index >= 15 is 0 Å². The Balaban J connectivity index is 0.000000101. The zero-order chi connectivity index (χ0) is 82.6. The summed E-state index contributed by atoms with van der Waals surface area (Å²) in [5.74, 6) is 15.8. The van der Waals surface area contributed by atoms with Crippen molar-refractivity contribution in [2.24, 2.45) is 71.0 Å². The van der Waals surface area contributed by atoms with Crippen LogP contribution < -0.4 is 14.7 Å². The number of furan rings is 1. The van der Waals surface area contributed by atoms with Crippen LogP contribution in [0.5, 0.6) is 0 Å². The number of aromatic nitrogens is 1. The minimum absolute atomic E-state index is 0.750. The number of nitrogens with zero attached hydrogens (tertiary/aromatic N) is 4. The van der Waals surface area contributed by atoms with Crippen molar-refractivity contribution in [1.82, 2.24) is 4.57 Å². The molecule has 126 heavy (non-hydrogen) atoms. The van der Waals surface area contributed by atoms with Crippen LogP contribution in [-0.2, 0) is 0 Å². The standard InChI is InChI=1S/C44H42N2.C38H37NO.C38H37NS/c1-2-6-35(7-3-1)46-43-9-5-4-8-39(43)40-23-22-38(28-44(40)46)45(36-18-14-31(15-19-36)41-26-29-10-12-33(41)24-29)37-20-16-32(17-21-37)42-27-30-11-13-34(42)25-30;2*1-2-7-37-32(4-1)33-5-3-6-36(38(33)40-37)39(30-16-12-26(13-17-30)34-22-24-8-10-28(34)20-24)31-18-14-27(15-19-31)35-23-25-9-11-29(35)21-25/h1-9,14-23,28-30,33-34,41-42H,10-13,24-27H2;2*1-7,12-19,24-25,28-29,34-35H,8-11,20-23H2. The van der Waals surface area contributed by atoms with Gasteiger partial charge in [-0.3, -0.25) is 0 Å². The molecule has 3 heterocycles. The van der Waals surface area contributed by atoms with Crippen LogP contribution in [0.15, 0.2) is 308 Å². The topological polar surface area (TPSA) is 27.8 Å². The average molecular weight is 1660 g/mol. The fourth-order valence-electron chi connectivity index (χ4n) is 29.2. The van der Waals surface area contributed by atoms with Crippen molar-refractivity contribution in [3.63, 3.8) is 0 Å². The first-order valence-electron chi connectivity index (χ1n) is 49.2. The largest absolute Gasteiger partial charge is 0.454 e. The first kappa shape index (κ1) is 76.3. The molecule has 13 aromatic carbocycles. The van der Waals surface area contributed by atoms with E-state index in [-0.39, 0.29) is 0 Å². The second-order valence-corrected chi connectivity index (χ2v) is 42.7. The molecule has 12 bridgehead atoms. The van der Waals surface area contributed by atoms with Crippen LogP contribution in [0.25, 0.3) is 69.6 Å². The van der Waals surface area contributed by atoms with Crippen molar-refractivity contribution in [2.75, 3.05) is 14.7 Å². The number of anilines is 9. The fraction of sp³-hybridized carbons (Fsp3) is 0.350. The van der Waals surface area contributed by atoms with E-state index in [1.165, 1.54) is 269 Å². The second kappa shape index (κ2) is 31.5. The number of para-hydroxylation sites is 4. The third-order valence-corrected chi connectivity index (χ3v) is 36.3. The zero-order valence-corrected chi connectivity index (χ0v) is 73.7. The quantitative estimate of drug-likeness (QED) is 0.0964. The predicted octanol–water partition coefficient (Wildman–Crippen LogP) is 34.3. The maximum atomic E-state index is 6.54. The molecule has 16 aromatic rings. The van der Waals surface area contributed by atoms with E-state index in [1.807, 2.05) is 11.3 Å². The molecule has 28 rings (SSSR count). The predicted molar refractivity (Wildman–Crippen MR) is 527 cm³/mol.